The highest BCUT2D eigenvalue weighted by molar-refractivity contribution is 5.92. The maximum atomic E-state index is 12.1. The SMILES string of the molecule is CC(O)C(N)C(=O)C1CCCN1C(=O)OC(C)(C)C. The van der Waals surface area contributed by atoms with Gasteiger partial charge in [-0.1, -0.05) is 0 Å². The Morgan fingerprint density at radius 3 is 2.47 bits per heavy atom. The molecule has 1 rings (SSSR count). The normalized spacial score (nSPS) is 23.1. The van der Waals surface area contributed by atoms with Gasteiger partial charge in [-0.3, -0.25) is 9.69 Å². The Labute approximate surface area is 113 Å². The molecule has 1 saturated heterocycles. The molecule has 0 aromatic rings. The molecular weight excluding hydrogens is 248 g/mol. The summed E-state index contributed by atoms with van der Waals surface area (Å²) in [5, 5.41) is 9.38. The number of hydrogen-bond acceptors (Lipinski definition) is 5. The second kappa shape index (κ2) is 5.88. The smallest absolute Gasteiger partial charge is 0.410 e. The van der Waals surface area contributed by atoms with Crippen molar-refractivity contribution in [2.24, 2.45) is 5.73 Å². The largest absolute Gasteiger partial charge is 0.444 e. The van der Waals surface area contributed by atoms with Crippen LogP contribution in [0.1, 0.15) is 40.5 Å². The summed E-state index contributed by atoms with van der Waals surface area (Å²) in [7, 11) is 0. The van der Waals surface area contributed by atoms with E-state index in [1.165, 1.54) is 11.8 Å². The number of aliphatic hydroxyl groups excluding tert-OH is 1. The molecule has 1 amide bonds. The van der Waals surface area contributed by atoms with E-state index in [2.05, 4.69) is 0 Å². The molecule has 1 heterocycles. The fraction of sp³-hybridized carbons (Fsp3) is 0.846. The number of likely N-dealkylation sites (tertiary alicyclic amines) is 1. The van der Waals surface area contributed by atoms with Crippen LogP contribution in [0.4, 0.5) is 4.79 Å². The Morgan fingerprint density at radius 2 is 2.00 bits per heavy atom. The zero-order chi connectivity index (χ0) is 14.8. The molecule has 0 saturated carbocycles. The first kappa shape index (κ1) is 15.9. The number of carbonyl (C=O) groups is 2. The molecule has 1 aliphatic rings. The van der Waals surface area contributed by atoms with Gasteiger partial charge < -0.3 is 15.6 Å². The lowest BCUT2D eigenvalue weighted by molar-refractivity contribution is -0.126. The average molecular weight is 272 g/mol. The number of aliphatic hydroxyl groups is 1. The standard InChI is InChI=1S/C13H24N2O4/c1-8(16)10(14)11(17)9-6-5-7-15(9)12(18)19-13(2,3)4/h8-10,16H,5-7,14H2,1-4H3. The molecule has 0 aliphatic carbocycles. The molecular formula is C13H24N2O4. The third kappa shape index (κ3) is 4.18. The molecule has 0 spiro atoms. The molecule has 110 valence electrons. The lowest BCUT2D eigenvalue weighted by atomic mass is 10.0. The monoisotopic (exact) mass is 272 g/mol. The molecule has 0 radical (unpaired) electrons. The number of carbonyl (C=O) groups excluding carboxylic acids is 2. The van der Waals surface area contributed by atoms with Gasteiger partial charge in [0.05, 0.1) is 18.2 Å². The maximum absolute atomic E-state index is 12.1. The van der Waals surface area contributed by atoms with Crippen molar-refractivity contribution in [3.05, 3.63) is 0 Å². The highest BCUT2D eigenvalue weighted by atomic mass is 16.6. The molecule has 3 unspecified atom stereocenters. The first-order chi connectivity index (χ1) is 8.63. The fourth-order valence-corrected chi connectivity index (χ4v) is 2.06. The number of hydrogen-bond donors (Lipinski definition) is 2. The van der Waals surface area contributed by atoms with Crippen LogP contribution in [0.25, 0.3) is 0 Å². The van der Waals surface area contributed by atoms with Crippen molar-refractivity contribution in [3.8, 4) is 0 Å². The summed E-state index contributed by atoms with van der Waals surface area (Å²) in [6, 6.07) is -1.55. The van der Waals surface area contributed by atoms with Crippen LogP contribution < -0.4 is 5.73 Å². The van der Waals surface area contributed by atoms with Gasteiger partial charge in [-0.15, -0.1) is 0 Å². The molecule has 3 atom stereocenters. The molecule has 6 heteroatoms. The lowest BCUT2D eigenvalue weighted by Gasteiger charge is -2.29. The minimum absolute atomic E-state index is 0.307. The third-order valence-electron chi connectivity index (χ3n) is 3.06. The average Bonchev–Trinajstić information content (AvgIpc) is 2.73. The van der Waals surface area contributed by atoms with Crippen LogP contribution in [-0.2, 0) is 9.53 Å². The summed E-state index contributed by atoms with van der Waals surface area (Å²) in [4.78, 5) is 25.6. The summed E-state index contributed by atoms with van der Waals surface area (Å²) >= 11 is 0. The van der Waals surface area contributed by atoms with Crippen molar-refractivity contribution in [2.75, 3.05) is 6.54 Å². The summed E-state index contributed by atoms with van der Waals surface area (Å²) < 4.78 is 5.27. The van der Waals surface area contributed by atoms with Gasteiger partial charge >= 0.3 is 6.09 Å². The number of rotatable bonds is 3. The highest BCUT2D eigenvalue weighted by Gasteiger charge is 2.39. The fourth-order valence-electron chi connectivity index (χ4n) is 2.06. The van der Waals surface area contributed by atoms with Crippen LogP contribution in [0.15, 0.2) is 0 Å². The van der Waals surface area contributed by atoms with E-state index >= 15 is 0 Å². The van der Waals surface area contributed by atoms with E-state index in [-0.39, 0.29) is 5.78 Å². The predicted molar refractivity (Wildman–Crippen MR) is 70.6 cm³/mol. The summed E-state index contributed by atoms with van der Waals surface area (Å²) in [5.74, 6) is -0.307. The number of amides is 1. The van der Waals surface area contributed by atoms with Gasteiger partial charge in [0, 0.05) is 6.54 Å². The van der Waals surface area contributed by atoms with Crippen LogP contribution in [0.5, 0.6) is 0 Å². The number of Topliss-reactive ketones (excluding diaryl/α,β-unsaturated/α-hetero) is 1. The van der Waals surface area contributed by atoms with Crippen LogP contribution in [0, 0.1) is 0 Å². The van der Waals surface area contributed by atoms with Gasteiger partial charge in [0.25, 0.3) is 0 Å². The van der Waals surface area contributed by atoms with Crippen LogP contribution in [0.3, 0.4) is 0 Å². The minimum atomic E-state index is -0.965. The highest BCUT2D eigenvalue weighted by Crippen LogP contribution is 2.22. The molecule has 1 fully saturated rings. The predicted octanol–water partition coefficient (Wildman–Crippen LogP) is 0.663. The molecule has 0 aromatic heterocycles. The first-order valence-corrected chi connectivity index (χ1v) is 6.60. The molecule has 0 bridgehead atoms. The van der Waals surface area contributed by atoms with Gasteiger partial charge in [-0.05, 0) is 40.5 Å². The first-order valence-electron chi connectivity index (χ1n) is 6.60. The Morgan fingerprint density at radius 1 is 1.42 bits per heavy atom. The maximum Gasteiger partial charge on any atom is 0.410 e. The van der Waals surface area contributed by atoms with Gasteiger partial charge in [-0.2, -0.15) is 0 Å². The lowest BCUT2D eigenvalue weighted by Crippen LogP contribution is -2.51. The molecule has 19 heavy (non-hydrogen) atoms. The number of nitrogens with zero attached hydrogens (tertiary/aromatic N) is 1. The van der Waals surface area contributed by atoms with E-state index in [0.717, 1.165) is 6.42 Å². The van der Waals surface area contributed by atoms with E-state index in [1.54, 1.807) is 20.8 Å². The van der Waals surface area contributed by atoms with Crippen LogP contribution >= 0.6 is 0 Å². The number of nitrogens with two attached hydrogens (primary N) is 1. The Balaban J connectivity index is 2.74. The molecule has 3 N–H and O–H groups in total. The van der Waals surface area contributed by atoms with Crippen molar-refractivity contribution < 1.29 is 19.4 Å². The molecule has 6 nitrogen and oxygen atoms in total. The topological polar surface area (TPSA) is 92.9 Å². The van der Waals surface area contributed by atoms with Gasteiger partial charge in [0.2, 0.25) is 0 Å². The van der Waals surface area contributed by atoms with E-state index in [9.17, 15) is 14.7 Å². The van der Waals surface area contributed by atoms with E-state index in [1.807, 2.05) is 0 Å². The quantitative estimate of drug-likeness (QED) is 0.787. The van der Waals surface area contributed by atoms with Crippen molar-refractivity contribution in [1.82, 2.24) is 4.90 Å². The second-order valence-electron chi connectivity index (χ2n) is 6.00. The molecule has 1 aliphatic heterocycles. The Kier molecular flexibility index (Phi) is 4.92. The van der Waals surface area contributed by atoms with Gasteiger partial charge in [-0.25, -0.2) is 4.79 Å². The van der Waals surface area contributed by atoms with Crippen molar-refractivity contribution in [1.29, 1.82) is 0 Å². The Bertz CT molecular complexity index is 349. The van der Waals surface area contributed by atoms with Crippen molar-refractivity contribution >= 4 is 11.9 Å². The summed E-state index contributed by atoms with van der Waals surface area (Å²) in [6.07, 6.45) is -0.115. The summed E-state index contributed by atoms with van der Waals surface area (Å²) in [5.41, 5.74) is 5.05. The zero-order valence-electron chi connectivity index (χ0n) is 12.0. The zero-order valence-corrected chi connectivity index (χ0v) is 12.0. The van der Waals surface area contributed by atoms with E-state index in [4.69, 9.17) is 10.5 Å². The number of ketones is 1. The van der Waals surface area contributed by atoms with Crippen molar-refractivity contribution in [3.63, 3.8) is 0 Å². The number of ether oxygens (including phenoxy) is 1. The third-order valence-corrected chi connectivity index (χ3v) is 3.06. The minimum Gasteiger partial charge on any atom is -0.444 e. The van der Waals surface area contributed by atoms with E-state index < -0.39 is 29.9 Å². The van der Waals surface area contributed by atoms with Crippen molar-refractivity contribution in [2.45, 2.75) is 64.3 Å². The molecule has 0 aromatic carbocycles. The van der Waals surface area contributed by atoms with Gasteiger partial charge in [0.1, 0.15) is 5.60 Å². The van der Waals surface area contributed by atoms with Gasteiger partial charge in [0.15, 0.2) is 5.78 Å². The second-order valence-corrected chi connectivity index (χ2v) is 6.00. The van der Waals surface area contributed by atoms with E-state index in [0.29, 0.717) is 13.0 Å². The van der Waals surface area contributed by atoms with Crippen LogP contribution in [0.2, 0.25) is 0 Å². The van der Waals surface area contributed by atoms with Crippen LogP contribution in [-0.4, -0.2) is 52.2 Å². The Hall–Kier alpha value is -1.14. The summed E-state index contributed by atoms with van der Waals surface area (Å²) in [6.45, 7) is 7.28.